The summed E-state index contributed by atoms with van der Waals surface area (Å²) in [6.07, 6.45) is 0. The highest BCUT2D eigenvalue weighted by Gasteiger charge is 2.08. The molecule has 0 unspecified atom stereocenters. The summed E-state index contributed by atoms with van der Waals surface area (Å²) in [4.78, 5) is 10.4. The average Bonchev–Trinajstić information content (AvgIpc) is 2.85. The van der Waals surface area contributed by atoms with Gasteiger partial charge in [0.2, 0.25) is 5.16 Å². The highest BCUT2D eigenvalue weighted by atomic mass is 32.2. The Morgan fingerprint density at radius 1 is 1.44 bits per heavy atom. The first kappa shape index (κ1) is 12.4. The number of carbonyl (C=O) groups excluding carboxylic acids is 1. The molecule has 0 radical (unpaired) electrons. The molecule has 0 aliphatic carbocycles. The van der Waals surface area contributed by atoms with Crippen molar-refractivity contribution >= 4 is 17.7 Å². The molecule has 0 N–H and O–H groups in total. The number of carbonyl (C=O) groups is 1. The SMILES string of the molecule is COc1ccc(-n2nnnc2SCC(=O)[O-])cc1. The van der Waals surface area contributed by atoms with Gasteiger partial charge in [0, 0.05) is 5.75 Å². The first-order valence-corrected chi connectivity index (χ1v) is 5.94. The Morgan fingerprint density at radius 3 is 2.78 bits per heavy atom. The van der Waals surface area contributed by atoms with Gasteiger partial charge in [-0.25, -0.2) is 0 Å². The maximum atomic E-state index is 10.4. The molecule has 0 saturated heterocycles. The largest absolute Gasteiger partial charge is 0.549 e. The van der Waals surface area contributed by atoms with Gasteiger partial charge < -0.3 is 14.6 Å². The number of carboxylic acids is 1. The van der Waals surface area contributed by atoms with E-state index in [-0.39, 0.29) is 5.75 Å². The second-order valence-corrected chi connectivity index (χ2v) is 4.17. The summed E-state index contributed by atoms with van der Waals surface area (Å²) < 4.78 is 6.50. The molecule has 18 heavy (non-hydrogen) atoms. The van der Waals surface area contributed by atoms with Gasteiger partial charge in [0.15, 0.2) is 0 Å². The number of aliphatic carboxylic acids is 1. The van der Waals surface area contributed by atoms with Crippen molar-refractivity contribution < 1.29 is 14.6 Å². The van der Waals surface area contributed by atoms with E-state index in [1.165, 1.54) is 4.68 Å². The molecule has 0 aliphatic rings. The molecule has 0 atom stereocenters. The third-order valence-electron chi connectivity index (χ3n) is 2.08. The van der Waals surface area contributed by atoms with Crippen LogP contribution >= 0.6 is 11.8 Å². The Balaban J connectivity index is 2.21. The van der Waals surface area contributed by atoms with E-state index in [0.717, 1.165) is 23.2 Å². The van der Waals surface area contributed by atoms with E-state index in [0.29, 0.717) is 5.16 Å². The van der Waals surface area contributed by atoms with E-state index in [1.54, 1.807) is 31.4 Å². The monoisotopic (exact) mass is 265 g/mol. The van der Waals surface area contributed by atoms with Crippen LogP contribution in [0.25, 0.3) is 5.69 Å². The summed E-state index contributed by atoms with van der Waals surface area (Å²) in [5, 5.41) is 21.9. The highest BCUT2D eigenvalue weighted by molar-refractivity contribution is 7.99. The van der Waals surface area contributed by atoms with Crippen LogP contribution < -0.4 is 9.84 Å². The predicted octanol–water partition coefficient (Wildman–Crippen LogP) is -0.487. The topological polar surface area (TPSA) is 93.0 Å². The standard InChI is InChI=1S/C10H10N4O3S/c1-17-8-4-2-7(3-5-8)14-10(11-12-13-14)18-6-9(15)16/h2-5H,6H2,1H3,(H,15,16)/p-1. The van der Waals surface area contributed by atoms with Crippen molar-refractivity contribution in [3.63, 3.8) is 0 Å². The Hall–Kier alpha value is -2.09. The molecule has 2 aromatic rings. The quantitative estimate of drug-likeness (QED) is 0.673. The van der Waals surface area contributed by atoms with Crippen LogP contribution in [0.5, 0.6) is 5.75 Å². The van der Waals surface area contributed by atoms with Crippen LogP contribution in [0.1, 0.15) is 0 Å². The van der Waals surface area contributed by atoms with Gasteiger partial charge in [-0.15, -0.1) is 5.10 Å². The Bertz CT molecular complexity index is 540. The number of benzene rings is 1. The van der Waals surface area contributed by atoms with E-state index >= 15 is 0 Å². The normalized spacial score (nSPS) is 10.3. The van der Waals surface area contributed by atoms with Crippen LogP contribution in [0.2, 0.25) is 0 Å². The summed E-state index contributed by atoms with van der Waals surface area (Å²) in [6, 6.07) is 7.09. The number of nitrogens with zero attached hydrogens (tertiary/aromatic N) is 4. The molecule has 0 saturated carbocycles. The molecule has 8 heteroatoms. The number of methoxy groups -OCH3 is 1. The van der Waals surface area contributed by atoms with E-state index in [2.05, 4.69) is 15.5 Å². The van der Waals surface area contributed by atoms with Crippen molar-refractivity contribution in [2.45, 2.75) is 5.16 Å². The molecule has 1 heterocycles. The van der Waals surface area contributed by atoms with Crippen molar-refractivity contribution in [2.75, 3.05) is 12.9 Å². The van der Waals surface area contributed by atoms with Crippen LogP contribution in [-0.2, 0) is 4.79 Å². The summed E-state index contributed by atoms with van der Waals surface area (Å²) >= 11 is 1.00. The molecule has 94 valence electrons. The maximum Gasteiger partial charge on any atom is 0.214 e. The van der Waals surface area contributed by atoms with Crippen molar-refractivity contribution in [1.82, 2.24) is 20.2 Å². The molecular weight excluding hydrogens is 256 g/mol. The first-order valence-electron chi connectivity index (χ1n) is 4.96. The van der Waals surface area contributed by atoms with Gasteiger partial charge in [0.25, 0.3) is 0 Å². The van der Waals surface area contributed by atoms with Crippen LogP contribution in [-0.4, -0.2) is 39.0 Å². The molecule has 0 aliphatic heterocycles. The molecule has 1 aromatic carbocycles. The summed E-state index contributed by atoms with van der Waals surface area (Å²) in [5.41, 5.74) is 0.724. The maximum absolute atomic E-state index is 10.4. The molecule has 0 amide bonds. The van der Waals surface area contributed by atoms with E-state index in [1.807, 2.05) is 0 Å². The molecule has 0 bridgehead atoms. The zero-order valence-corrected chi connectivity index (χ0v) is 10.3. The average molecular weight is 265 g/mol. The number of tetrazole rings is 1. The number of hydrogen-bond acceptors (Lipinski definition) is 7. The number of rotatable bonds is 5. The Morgan fingerprint density at radius 2 is 2.17 bits per heavy atom. The second kappa shape index (κ2) is 5.50. The molecule has 1 aromatic heterocycles. The van der Waals surface area contributed by atoms with E-state index < -0.39 is 5.97 Å². The smallest absolute Gasteiger partial charge is 0.214 e. The summed E-state index contributed by atoms with van der Waals surface area (Å²) in [5.74, 6) is -0.642. The molecule has 0 spiro atoms. The Labute approximate surface area is 107 Å². The molecule has 7 nitrogen and oxygen atoms in total. The number of thioether (sulfide) groups is 1. The minimum atomic E-state index is -1.16. The zero-order chi connectivity index (χ0) is 13.0. The van der Waals surface area contributed by atoms with Gasteiger partial charge in [0.05, 0.1) is 18.8 Å². The predicted molar refractivity (Wildman–Crippen MR) is 61.4 cm³/mol. The van der Waals surface area contributed by atoms with Crippen molar-refractivity contribution in [1.29, 1.82) is 0 Å². The summed E-state index contributed by atoms with van der Waals surface area (Å²) in [7, 11) is 1.58. The highest BCUT2D eigenvalue weighted by Crippen LogP contribution is 2.19. The fourth-order valence-electron chi connectivity index (χ4n) is 1.28. The fraction of sp³-hybridized carbons (Fsp3) is 0.200. The van der Waals surface area contributed by atoms with Gasteiger partial charge >= 0.3 is 0 Å². The van der Waals surface area contributed by atoms with E-state index in [4.69, 9.17) is 4.74 Å². The van der Waals surface area contributed by atoms with Gasteiger partial charge in [0.1, 0.15) is 5.75 Å². The minimum Gasteiger partial charge on any atom is -0.549 e. The molecule has 2 rings (SSSR count). The van der Waals surface area contributed by atoms with Gasteiger partial charge in [-0.3, -0.25) is 0 Å². The number of carboxylic acid groups (broad SMARTS) is 1. The molecular formula is C10H9N4O3S-. The van der Waals surface area contributed by atoms with Crippen LogP contribution in [0.15, 0.2) is 29.4 Å². The minimum absolute atomic E-state index is 0.198. The lowest BCUT2D eigenvalue weighted by Crippen LogP contribution is -2.24. The third kappa shape index (κ3) is 2.77. The van der Waals surface area contributed by atoms with Crippen LogP contribution in [0.3, 0.4) is 0 Å². The number of aromatic nitrogens is 4. The lowest BCUT2D eigenvalue weighted by atomic mass is 10.3. The van der Waals surface area contributed by atoms with Crippen molar-refractivity contribution in [3.05, 3.63) is 24.3 Å². The molecule has 0 fully saturated rings. The lowest BCUT2D eigenvalue weighted by molar-refractivity contribution is -0.301. The van der Waals surface area contributed by atoms with Crippen LogP contribution in [0.4, 0.5) is 0 Å². The summed E-state index contributed by atoms with van der Waals surface area (Å²) in [6.45, 7) is 0. The van der Waals surface area contributed by atoms with Crippen molar-refractivity contribution in [2.24, 2.45) is 0 Å². The van der Waals surface area contributed by atoms with Crippen molar-refractivity contribution in [3.8, 4) is 11.4 Å². The zero-order valence-electron chi connectivity index (χ0n) is 9.44. The van der Waals surface area contributed by atoms with E-state index in [9.17, 15) is 9.90 Å². The number of ether oxygens (including phenoxy) is 1. The third-order valence-corrected chi connectivity index (χ3v) is 2.97. The van der Waals surface area contributed by atoms with Crippen LogP contribution in [0, 0.1) is 0 Å². The lowest BCUT2D eigenvalue weighted by Gasteiger charge is -2.05. The first-order chi connectivity index (χ1) is 8.70. The number of hydrogen-bond donors (Lipinski definition) is 0. The van der Waals surface area contributed by atoms with Gasteiger partial charge in [-0.2, -0.15) is 4.68 Å². The second-order valence-electron chi connectivity index (χ2n) is 3.23. The van der Waals surface area contributed by atoms with Gasteiger partial charge in [-0.1, -0.05) is 11.8 Å². The fourth-order valence-corrected chi connectivity index (χ4v) is 1.88. The van der Waals surface area contributed by atoms with Gasteiger partial charge in [-0.05, 0) is 34.7 Å². The Kier molecular flexibility index (Phi) is 3.78.